The van der Waals surface area contributed by atoms with Gasteiger partial charge in [-0.15, -0.1) is 0 Å². The molecule has 0 aromatic heterocycles. The molecule has 1 aromatic carbocycles. The van der Waals surface area contributed by atoms with Gasteiger partial charge in [0.2, 0.25) is 0 Å². The van der Waals surface area contributed by atoms with E-state index in [1.807, 2.05) is 0 Å². The van der Waals surface area contributed by atoms with Crippen LogP contribution in [0.4, 0.5) is 13.2 Å². The van der Waals surface area contributed by atoms with Gasteiger partial charge in [0, 0.05) is 5.56 Å². The SMILES string of the molecule is O=C(O)C(O)c1cc(C(F)(F)F)ccc1O. The molecule has 0 fully saturated rings. The number of phenolic OH excluding ortho intramolecular Hbond substituents is 1. The van der Waals surface area contributed by atoms with Crippen molar-refractivity contribution in [1.29, 1.82) is 0 Å². The molecule has 0 aliphatic heterocycles. The molecule has 4 nitrogen and oxygen atoms in total. The first-order chi connectivity index (χ1) is 7.23. The summed E-state index contributed by atoms with van der Waals surface area (Å²) in [6, 6.07) is 1.67. The van der Waals surface area contributed by atoms with Crippen molar-refractivity contribution < 1.29 is 33.3 Å². The number of carbonyl (C=O) groups is 1. The fourth-order valence-electron chi connectivity index (χ4n) is 1.08. The Balaban J connectivity index is 3.24. The Bertz CT molecular complexity index is 414. The number of benzene rings is 1. The van der Waals surface area contributed by atoms with Crippen molar-refractivity contribution in [2.75, 3.05) is 0 Å². The second-order valence-corrected chi connectivity index (χ2v) is 3.01. The molecule has 0 aliphatic rings. The molecule has 1 rings (SSSR count). The Labute approximate surface area is 87.6 Å². The van der Waals surface area contributed by atoms with Gasteiger partial charge in [0.15, 0.2) is 6.10 Å². The van der Waals surface area contributed by atoms with Gasteiger partial charge in [-0.25, -0.2) is 4.79 Å². The molecule has 0 heterocycles. The molecule has 0 amide bonds. The van der Waals surface area contributed by atoms with E-state index in [4.69, 9.17) is 15.3 Å². The number of hydrogen-bond donors (Lipinski definition) is 3. The average Bonchev–Trinajstić information content (AvgIpc) is 2.15. The molecule has 0 bridgehead atoms. The molecule has 1 aromatic rings. The number of halogens is 3. The van der Waals surface area contributed by atoms with Gasteiger partial charge >= 0.3 is 12.1 Å². The predicted octanol–water partition coefficient (Wildman–Crippen LogP) is 1.53. The van der Waals surface area contributed by atoms with E-state index in [0.717, 1.165) is 0 Å². The third kappa shape index (κ3) is 2.43. The third-order valence-electron chi connectivity index (χ3n) is 1.88. The fourth-order valence-corrected chi connectivity index (χ4v) is 1.08. The Morgan fingerprint density at radius 2 is 1.88 bits per heavy atom. The monoisotopic (exact) mass is 236 g/mol. The number of aliphatic carboxylic acids is 1. The first-order valence-corrected chi connectivity index (χ1v) is 4.04. The number of carboxylic acid groups (broad SMARTS) is 1. The molecule has 0 radical (unpaired) electrons. The smallest absolute Gasteiger partial charge is 0.416 e. The Morgan fingerprint density at radius 3 is 2.31 bits per heavy atom. The predicted molar refractivity (Wildman–Crippen MR) is 45.7 cm³/mol. The Hall–Kier alpha value is -1.76. The summed E-state index contributed by atoms with van der Waals surface area (Å²) in [4.78, 5) is 10.4. The number of carboxylic acids is 1. The van der Waals surface area contributed by atoms with E-state index < -0.39 is 35.1 Å². The van der Waals surface area contributed by atoms with Crippen LogP contribution in [0, 0.1) is 0 Å². The molecule has 1 unspecified atom stereocenters. The second-order valence-electron chi connectivity index (χ2n) is 3.01. The van der Waals surface area contributed by atoms with E-state index in [-0.39, 0.29) is 0 Å². The number of alkyl halides is 3. The van der Waals surface area contributed by atoms with Crippen LogP contribution in [0.5, 0.6) is 5.75 Å². The minimum Gasteiger partial charge on any atom is -0.508 e. The molecular formula is C9H7F3O4. The first kappa shape index (κ1) is 12.3. The van der Waals surface area contributed by atoms with Crippen LogP contribution in [0.25, 0.3) is 0 Å². The lowest BCUT2D eigenvalue weighted by Gasteiger charge is -2.12. The summed E-state index contributed by atoms with van der Waals surface area (Å²) < 4.78 is 36.8. The highest BCUT2D eigenvalue weighted by atomic mass is 19.4. The van der Waals surface area contributed by atoms with Gasteiger partial charge in [-0.3, -0.25) is 0 Å². The van der Waals surface area contributed by atoms with E-state index >= 15 is 0 Å². The van der Waals surface area contributed by atoms with Gasteiger partial charge < -0.3 is 15.3 Å². The maximum absolute atomic E-state index is 12.3. The number of aromatic hydroxyl groups is 1. The fraction of sp³-hybridized carbons (Fsp3) is 0.222. The van der Waals surface area contributed by atoms with Crippen molar-refractivity contribution in [2.24, 2.45) is 0 Å². The van der Waals surface area contributed by atoms with Crippen molar-refractivity contribution in [3.63, 3.8) is 0 Å². The summed E-state index contributed by atoms with van der Waals surface area (Å²) >= 11 is 0. The topological polar surface area (TPSA) is 77.8 Å². The van der Waals surface area contributed by atoms with Gasteiger partial charge in [0.25, 0.3) is 0 Å². The maximum atomic E-state index is 12.3. The third-order valence-corrected chi connectivity index (χ3v) is 1.88. The zero-order chi connectivity index (χ0) is 12.5. The number of phenols is 1. The first-order valence-electron chi connectivity index (χ1n) is 4.04. The van der Waals surface area contributed by atoms with Gasteiger partial charge in [0.1, 0.15) is 5.75 Å². The van der Waals surface area contributed by atoms with Crippen molar-refractivity contribution in [3.8, 4) is 5.75 Å². The van der Waals surface area contributed by atoms with Crippen LogP contribution in [0.2, 0.25) is 0 Å². The number of aliphatic hydroxyl groups excluding tert-OH is 1. The van der Waals surface area contributed by atoms with Crippen LogP contribution < -0.4 is 0 Å². The van der Waals surface area contributed by atoms with E-state index in [1.54, 1.807) is 0 Å². The quantitative estimate of drug-likeness (QED) is 0.727. The lowest BCUT2D eigenvalue weighted by Crippen LogP contribution is -2.13. The van der Waals surface area contributed by atoms with Crippen LogP contribution in [-0.4, -0.2) is 21.3 Å². The summed E-state index contributed by atoms with van der Waals surface area (Å²) in [5.41, 5.74) is -1.83. The largest absolute Gasteiger partial charge is 0.508 e. The minimum atomic E-state index is -4.67. The molecular weight excluding hydrogens is 229 g/mol. The lowest BCUT2D eigenvalue weighted by molar-refractivity contribution is -0.147. The average molecular weight is 236 g/mol. The summed E-state index contributed by atoms with van der Waals surface area (Å²) in [6.07, 6.45) is -6.86. The van der Waals surface area contributed by atoms with Crippen molar-refractivity contribution in [2.45, 2.75) is 12.3 Å². The highest BCUT2D eigenvalue weighted by Crippen LogP contribution is 2.34. The van der Waals surface area contributed by atoms with Crippen LogP contribution in [0.1, 0.15) is 17.2 Å². The van der Waals surface area contributed by atoms with Crippen molar-refractivity contribution in [3.05, 3.63) is 29.3 Å². The van der Waals surface area contributed by atoms with E-state index in [9.17, 15) is 18.0 Å². The lowest BCUT2D eigenvalue weighted by atomic mass is 10.0. The summed E-state index contributed by atoms with van der Waals surface area (Å²) in [6.45, 7) is 0. The zero-order valence-electron chi connectivity index (χ0n) is 7.69. The number of rotatable bonds is 2. The van der Waals surface area contributed by atoms with Crippen molar-refractivity contribution >= 4 is 5.97 Å². The summed E-state index contributed by atoms with van der Waals surface area (Å²) in [7, 11) is 0. The normalized spacial score (nSPS) is 13.5. The Morgan fingerprint density at radius 1 is 1.31 bits per heavy atom. The van der Waals surface area contributed by atoms with E-state index in [1.165, 1.54) is 0 Å². The molecule has 16 heavy (non-hydrogen) atoms. The van der Waals surface area contributed by atoms with Crippen LogP contribution >= 0.6 is 0 Å². The minimum absolute atomic E-state index is 0.397. The molecule has 0 spiro atoms. The van der Waals surface area contributed by atoms with Crippen LogP contribution in [-0.2, 0) is 11.0 Å². The van der Waals surface area contributed by atoms with Gasteiger partial charge in [0.05, 0.1) is 5.56 Å². The highest BCUT2D eigenvalue weighted by Gasteiger charge is 2.32. The second kappa shape index (κ2) is 4.01. The van der Waals surface area contributed by atoms with Crippen LogP contribution in [0.3, 0.4) is 0 Å². The number of hydrogen-bond acceptors (Lipinski definition) is 3. The van der Waals surface area contributed by atoms with Gasteiger partial charge in [-0.1, -0.05) is 0 Å². The molecule has 0 saturated carbocycles. The molecule has 3 N–H and O–H groups in total. The Kier molecular flexibility index (Phi) is 3.09. The van der Waals surface area contributed by atoms with Crippen LogP contribution in [0.15, 0.2) is 18.2 Å². The maximum Gasteiger partial charge on any atom is 0.416 e. The van der Waals surface area contributed by atoms with E-state index in [2.05, 4.69) is 0 Å². The zero-order valence-corrected chi connectivity index (χ0v) is 7.69. The van der Waals surface area contributed by atoms with Gasteiger partial charge in [-0.05, 0) is 18.2 Å². The summed E-state index contributed by atoms with van der Waals surface area (Å²) in [5, 5.41) is 26.6. The molecule has 88 valence electrons. The molecule has 0 aliphatic carbocycles. The molecule has 1 atom stereocenters. The highest BCUT2D eigenvalue weighted by molar-refractivity contribution is 5.75. The van der Waals surface area contributed by atoms with E-state index in [0.29, 0.717) is 18.2 Å². The number of aliphatic hydroxyl groups is 1. The standard InChI is InChI=1S/C9H7F3O4/c10-9(11,12)4-1-2-6(13)5(3-4)7(14)8(15)16/h1-3,7,13-14H,(H,15,16). The van der Waals surface area contributed by atoms with Gasteiger partial charge in [-0.2, -0.15) is 13.2 Å². The van der Waals surface area contributed by atoms with Crippen molar-refractivity contribution in [1.82, 2.24) is 0 Å². The molecule has 7 heteroatoms. The molecule has 0 saturated heterocycles. The summed E-state index contributed by atoms with van der Waals surface area (Å²) in [5.74, 6) is -2.45.